The molecule has 2 aromatic rings. The van der Waals surface area contributed by atoms with Crippen molar-refractivity contribution in [3.63, 3.8) is 0 Å². The van der Waals surface area contributed by atoms with Gasteiger partial charge in [0, 0.05) is 12.7 Å². The van der Waals surface area contributed by atoms with Crippen LogP contribution in [0.2, 0.25) is 0 Å². The van der Waals surface area contributed by atoms with Crippen molar-refractivity contribution < 1.29 is 8.42 Å². The summed E-state index contributed by atoms with van der Waals surface area (Å²) in [7, 11) is -1.67. The first kappa shape index (κ1) is 15.7. The second-order valence-electron chi connectivity index (χ2n) is 5.45. The summed E-state index contributed by atoms with van der Waals surface area (Å²) in [6.45, 7) is 6.27. The summed E-state index contributed by atoms with van der Waals surface area (Å²) in [6.07, 6.45) is 0. The van der Waals surface area contributed by atoms with Crippen molar-refractivity contribution in [2.45, 2.75) is 38.1 Å². The van der Waals surface area contributed by atoms with Crippen LogP contribution in [0.1, 0.15) is 36.7 Å². The number of nitrogens with one attached hydrogen (secondary N) is 1. The predicted molar refractivity (Wildman–Crippen MR) is 82.5 cm³/mol. The Morgan fingerprint density at radius 1 is 1.24 bits per heavy atom. The van der Waals surface area contributed by atoms with Crippen LogP contribution in [-0.4, -0.2) is 18.2 Å². The number of hydrogen-bond donors (Lipinski definition) is 1. The number of sulfonamides is 1. The van der Waals surface area contributed by atoms with Crippen molar-refractivity contribution in [1.29, 1.82) is 0 Å². The summed E-state index contributed by atoms with van der Waals surface area (Å²) in [5.41, 5.74) is 2.82. The molecule has 6 heteroatoms. The lowest BCUT2D eigenvalue weighted by Crippen LogP contribution is -2.23. The molecule has 0 bridgehead atoms. The summed E-state index contributed by atoms with van der Waals surface area (Å²) in [4.78, 5) is 0.277. The molecule has 0 unspecified atom stereocenters. The van der Waals surface area contributed by atoms with Crippen LogP contribution in [0.4, 0.5) is 0 Å². The van der Waals surface area contributed by atoms with E-state index < -0.39 is 10.0 Å². The van der Waals surface area contributed by atoms with Gasteiger partial charge >= 0.3 is 0 Å². The SMILES string of the molecule is Cc1cc(CNS(=O)(=O)c2ccc(C(C)C)cc2)nn1C. The second-order valence-corrected chi connectivity index (χ2v) is 7.22. The molecule has 0 fully saturated rings. The van der Waals surface area contributed by atoms with Crippen molar-refractivity contribution in [3.05, 3.63) is 47.3 Å². The molecule has 0 aliphatic carbocycles. The lowest BCUT2D eigenvalue weighted by atomic mass is 10.0. The van der Waals surface area contributed by atoms with E-state index >= 15 is 0 Å². The minimum Gasteiger partial charge on any atom is -0.273 e. The molecule has 0 aliphatic heterocycles. The van der Waals surface area contributed by atoms with Gasteiger partial charge in [0.2, 0.25) is 10.0 Å². The molecule has 1 heterocycles. The third-order valence-corrected chi connectivity index (χ3v) is 4.88. The van der Waals surface area contributed by atoms with E-state index in [1.54, 1.807) is 16.8 Å². The fraction of sp³-hybridized carbons (Fsp3) is 0.400. The molecule has 0 saturated carbocycles. The number of hydrogen-bond acceptors (Lipinski definition) is 3. The van der Waals surface area contributed by atoms with Gasteiger partial charge in [0.15, 0.2) is 0 Å². The molecule has 0 amide bonds. The number of benzene rings is 1. The van der Waals surface area contributed by atoms with Gasteiger partial charge in [0.25, 0.3) is 0 Å². The molecule has 0 saturated heterocycles. The number of rotatable bonds is 5. The molecular weight excluding hydrogens is 286 g/mol. The summed E-state index contributed by atoms with van der Waals surface area (Å²) in [5.74, 6) is 0.381. The quantitative estimate of drug-likeness (QED) is 0.922. The second kappa shape index (κ2) is 5.99. The lowest BCUT2D eigenvalue weighted by Gasteiger charge is -2.08. The van der Waals surface area contributed by atoms with E-state index in [0.29, 0.717) is 11.6 Å². The van der Waals surface area contributed by atoms with E-state index in [9.17, 15) is 8.42 Å². The van der Waals surface area contributed by atoms with Crippen LogP contribution in [0.5, 0.6) is 0 Å². The fourth-order valence-corrected chi connectivity index (χ4v) is 3.00. The highest BCUT2D eigenvalue weighted by Crippen LogP contribution is 2.17. The summed E-state index contributed by atoms with van der Waals surface area (Å²) in [6, 6.07) is 8.85. The Morgan fingerprint density at radius 3 is 2.33 bits per heavy atom. The Labute approximate surface area is 126 Å². The van der Waals surface area contributed by atoms with Crippen LogP contribution in [0.3, 0.4) is 0 Å². The minimum absolute atomic E-state index is 0.190. The Hall–Kier alpha value is -1.66. The predicted octanol–water partition coefficient (Wildman–Crippen LogP) is 2.33. The summed E-state index contributed by atoms with van der Waals surface area (Å²) >= 11 is 0. The van der Waals surface area contributed by atoms with E-state index in [4.69, 9.17) is 0 Å². The van der Waals surface area contributed by atoms with Crippen LogP contribution < -0.4 is 4.72 Å². The summed E-state index contributed by atoms with van der Waals surface area (Å²) < 4.78 is 28.8. The smallest absolute Gasteiger partial charge is 0.240 e. The maximum atomic E-state index is 12.2. The van der Waals surface area contributed by atoms with Crippen molar-refractivity contribution in [2.75, 3.05) is 0 Å². The zero-order valence-corrected chi connectivity index (χ0v) is 13.6. The van der Waals surface area contributed by atoms with Crippen LogP contribution in [-0.2, 0) is 23.6 Å². The Balaban J connectivity index is 2.11. The molecule has 1 N–H and O–H groups in total. The first-order valence-corrected chi connectivity index (χ1v) is 8.37. The van der Waals surface area contributed by atoms with E-state index in [1.165, 1.54) is 0 Å². The number of aromatic nitrogens is 2. The van der Waals surface area contributed by atoms with Gasteiger partial charge in [0.1, 0.15) is 0 Å². The number of aryl methyl sites for hydroxylation is 2. The fourth-order valence-electron chi connectivity index (χ4n) is 2.01. The van der Waals surface area contributed by atoms with Crippen LogP contribution >= 0.6 is 0 Å². The first-order chi connectivity index (χ1) is 9.79. The van der Waals surface area contributed by atoms with Gasteiger partial charge in [0.05, 0.1) is 17.1 Å². The standard InChI is InChI=1S/C15H21N3O2S/c1-11(2)13-5-7-15(8-6-13)21(19,20)16-10-14-9-12(3)18(4)17-14/h5-9,11,16H,10H2,1-4H3. The van der Waals surface area contributed by atoms with Crippen LogP contribution in [0, 0.1) is 6.92 Å². The average molecular weight is 307 g/mol. The Bertz CT molecular complexity index is 696. The first-order valence-electron chi connectivity index (χ1n) is 6.89. The molecule has 0 spiro atoms. The highest BCUT2D eigenvalue weighted by Gasteiger charge is 2.14. The van der Waals surface area contributed by atoms with Crippen molar-refractivity contribution >= 4 is 10.0 Å². The Morgan fingerprint density at radius 2 is 1.86 bits per heavy atom. The zero-order chi connectivity index (χ0) is 15.6. The maximum Gasteiger partial charge on any atom is 0.240 e. The summed E-state index contributed by atoms with van der Waals surface area (Å²) in [5, 5.41) is 4.23. The van der Waals surface area contributed by atoms with Crippen molar-refractivity contribution in [3.8, 4) is 0 Å². The van der Waals surface area contributed by atoms with Crippen molar-refractivity contribution in [2.24, 2.45) is 7.05 Å². The van der Waals surface area contributed by atoms with Gasteiger partial charge in [-0.05, 0) is 36.6 Å². The van der Waals surface area contributed by atoms with Gasteiger partial charge in [-0.15, -0.1) is 0 Å². The van der Waals surface area contributed by atoms with E-state index in [0.717, 1.165) is 11.3 Å². The molecule has 5 nitrogen and oxygen atoms in total. The third-order valence-electron chi connectivity index (χ3n) is 3.46. The Kier molecular flexibility index (Phi) is 4.49. The molecule has 21 heavy (non-hydrogen) atoms. The highest BCUT2D eigenvalue weighted by molar-refractivity contribution is 7.89. The number of nitrogens with zero attached hydrogens (tertiary/aromatic N) is 2. The van der Waals surface area contributed by atoms with Gasteiger partial charge in [-0.1, -0.05) is 26.0 Å². The average Bonchev–Trinajstić information content (AvgIpc) is 2.76. The normalized spacial score (nSPS) is 12.0. The molecule has 114 valence electrons. The van der Waals surface area contributed by atoms with Crippen LogP contribution in [0.15, 0.2) is 35.2 Å². The minimum atomic E-state index is -3.50. The molecule has 2 rings (SSSR count). The van der Waals surface area contributed by atoms with Crippen LogP contribution in [0.25, 0.3) is 0 Å². The highest BCUT2D eigenvalue weighted by atomic mass is 32.2. The molecule has 0 atom stereocenters. The van der Waals surface area contributed by atoms with E-state index in [2.05, 4.69) is 23.7 Å². The molecule has 1 aromatic heterocycles. The van der Waals surface area contributed by atoms with Gasteiger partial charge in [-0.2, -0.15) is 5.10 Å². The van der Waals surface area contributed by atoms with Gasteiger partial charge in [-0.25, -0.2) is 13.1 Å². The topological polar surface area (TPSA) is 64.0 Å². The van der Waals surface area contributed by atoms with E-state index in [1.807, 2.05) is 32.2 Å². The molecule has 1 aromatic carbocycles. The monoisotopic (exact) mass is 307 g/mol. The zero-order valence-electron chi connectivity index (χ0n) is 12.8. The van der Waals surface area contributed by atoms with Crippen molar-refractivity contribution in [1.82, 2.24) is 14.5 Å². The van der Waals surface area contributed by atoms with Gasteiger partial charge < -0.3 is 0 Å². The molecule has 0 aliphatic rings. The molecular formula is C15H21N3O2S. The van der Waals surface area contributed by atoms with Gasteiger partial charge in [-0.3, -0.25) is 4.68 Å². The van der Waals surface area contributed by atoms with E-state index in [-0.39, 0.29) is 11.4 Å². The lowest BCUT2D eigenvalue weighted by molar-refractivity contribution is 0.579. The molecule has 0 radical (unpaired) electrons. The largest absolute Gasteiger partial charge is 0.273 e. The maximum absolute atomic E-state index is 12.2. The third kappa shape index (κ3) is 3.71.